The quantitative estimate of drug-likeness (QED) is 0.376. The van der Waals surface area contributed by atoms with E-state index in [-0.39, 0.29) is 5.91 Å². The summed E-state index contributed by atoms with van der Waals surface area (Å²) in [5.74, 6) is 0.388. The van der Waals surface area contributed by atoms with Gasteiger partial charge in [-0.2, -0.15) is 5.10 Å². The summed E-state index contributed by atoms with van der Waals surface area (Å²) in [6, 6.07) is 0. The third-order valence-electron chi connectivity index (χ3n) is 1.82. The zero-order valence-electron chi connectivity index (χ0n) is 7.29. The van der Waals surface area contributed by atoms with E-state index in [2.05, 4.69) is 22.7 Å². The van der Waals surface area contributed by atoms with E-state index in [1.54, 1.807) is 0 Å². The lowest BCUT2D eigenvalue weighted by molar-refractivity contribution is -0.118. The lowest BCUT2D eigenvalue weighted by Gasteiger charge is -2.11. The number of carbonyl (C=O) groups excluding carboxylic acids is 1. The molecule has 0 aromatic rings. The van der Waals surface area contributed by atoms with Crippen LogP contribution in [0.3, 0.4) is 0 Å². The molecule has 0 aromatic carbocycles. The molecular weight excluding hydrogens is 152 g/mol. The van der Waals surface area contributed by atoms with Crippen molar-refractivity contribution in [1.29, 1.82) is 0 Å². The van der Waals surface area contributed by atoms with Crippen LogP contribution in [0.2, 0.25) is 0 Å². The smallest absolute Gasteiger partial charge is 0.236 e. The Morgan fingerprint density at radius 2 is 2.50 bits per heavy atom. The van der Waals surface area contributed by atoms with Crippen LogP contribution in [0.5, 0.6) is 0 Å². The van der Waals surface area contributed by atoms with Crippen molar-refractivity contribution in [2.75, 3.05) is 0 Å². The number of hydrazone groups is 1. The summed E-state index contributed by atoms with van der Waals surface area (Å²) in [6.07, 6.45) is 9.47. The summed E-state index contributed by atoms with van der Waals surface area (Å²) >= 11 is 0. The van der Waals surface area contributed by atoms with Gasteiger partial charge in [-0.1, -0.05) is 12.2 Å². The van der Waals surface area contributed by atoms with Gasteiger partial charge in [-0.3, -0.25) is 4.79 Å². The second kappa shape index (κ2) is 4.70. The number of carbonyl (C=O) groups is 1. The highest BCUT2D eigenvalue weighted by Gasteiger charge is 2.05. The molecule has 1 amide bonds. The Balaban J connectivity index is 2.25. The number of nitrogens with zero attached hydrogens (tertiary/aromatic N) is 1. The highest BCUT2D eigenvalue weighted by molar-refractivity contribution is 5.74. The fourth-order valence-corrected chi connectivity index (χ4v) is 1.19. The highest BCUT2D eigenvalue weighted by atomic mass is 16.2. The molecule has 0 aromatic heterocycles. The van der Waals surface area contributed by atoms with Crippen molar-refractivity contribution in [1.82, 2.24) is 5.43 Å². The first-order chi connectivity index (χ1) is 5.79. The molecule has 0 spiro atoms. The Bertz CT molecular complexity index is 209. The average Bonchev–Trinajstić information content (AvgIpc) is 2.05. The summed E-state index contributed by atoms with van der Waals surface area (Å²) in [5, 5.41) is 3.84. The monoisotopic (exact) mass is 166 g/mol. The van der Waals surface area contributed by atoms with E-state index in [0.717, 1.165) is 19.3 Å². The Morgan fingerprint density at radius 3 is 3.08 bits per heavy atom. The van der Waals surface area contributed by atoms with Gasteiger partial charge < -0.3 is 0 Å². The first-order valence-corrected chi connectivity index (χ1v) is 4.24. The summed E-state index contributed by atoms with van der Waals surface area (Å²) < 4.78 is 0. The van der Waals surface area contributed by atoms with Gasteiger partial charge in [0.25, 0.3) is 0 Å². The molecule has 3 heteroatoms. The minimum absolute atomic E-state index is 0.113. The lowest BCUT2D eigenvalue weighted by Crippen LogP contribution is -2.14. The SMILES string of the molecule is CC(=O)NN=CC1CC=CCC1. The number of allylic oxidation sites excluding steroid dienone is 2. The van der Waals surface area contributed by atoms with E-state index < -0.39 is 0 Å². The molecule has 0 aliphatic heterocycles. The van der Waals surface area contributed by atoms with E-state index in [9.17, 15) is 4.79 Å². The van der Waals surface area contributed by atoms with Gasteiger partial charge >= 0.3 is 0 Å². The predicted molar refractivity (Wildman–Crippen MR) is 48.8 cm³/mol. The second-order valence-electron chi connectivity index (χ2n) is 2.99. The minimum atomic E-state index is -0.113. The molecule has 0 fully saturated rings. The Morgan fingerprint density at radius 1 is 1.67 bits per heavy atom. The van der Waals surface area contributed by atoms with Gasteiger partial charge in [0.1, 0.15) is 0 Å². The van der Waals surface area contributed by atoms with Crippen molar-refractivity contribution in [3.05, 3.63) is 12.2 Å². The Hall–Kier alpha value is -1.12. The van der Waals surface area contributed by atoms with Crippen LogP contribution in [-0.4, -0.2) is 12.1 Å². The van der Waals surface area contributed by atoms with E-state index in [0.29, 0.717) is 5.92 Å². The first kappa shape index (κ1) is 8.97. The molecule has 66 valence electrons. The zero-order valence-corrected chi connectivity index (χ0v) is 7.29. The maximum Gasteiger partial charge on any atom is 0.236 e. The third kappa shape index (κ3) is 3.32. The predicted octanol–water partition coefficient (Wildman–Crippen LogP) is 1.46. The van der Waals surface area contributed by atoms with E-state index in [1.807, 2.05) is 6.21 Å². The molecule has 0 radical (unpaired) electrons. The molecule has 12 heavy (non-hydrogen) atoms. The van der Waals surface area contributed by atoms with Gasteiger partial charge in [0.05, 0.1) is 0 Å². The molecule has 0 saturated carbocycles. The van der Waals surface area contributed by atoms with Crippen molar-refractivity contribution in [3.8, 4) is 0 Å². The van der Waals surface area contributed by atoms with Crippen molar-refractivity contribution >= 4 is 12.1 Å². The molecule has 1 aliphatic rings. The number of amides is 1. The van der Waals surface area contributed by atoms with Gasteiger partial charge in [-0.15, -0.1) is 0 Å². The van der Waals surface area contributed by atoms with Gasteiger partial charge in [0.15, 0.2) is 0 Å². The standard InChI is InChI=1S/C9H14N2O/c1-8(12)11-10-7-9-5-3-2-4-6-9/h2-3,7,9H,4-6H2,1H3,(H,11,12). The van der Waals surface area contributed by atoms with Gasteiger partial charge in [0, 0.05) is 13.1 Å². The molecular formula is C9H14N2O. The van der Waals surface area contributed by atoms with Crippen molar-refractivity contribution < 1.29 is 4.79 Å². The summed E-state index contributed by atoms with van der Waals surface area (Å²) in [7, 11) is 0. The lowest BCUT2D eigenvalue weighted by atomic mass is 9.96. The van der Waals surface area contributed by atoms with Crippen LogP contribution in [0.15, 0.2) is 17.3 Å². The van der Waals surface area contributed by atoms with Gasteiger partial charge in [-0.25, -0.2) is 5.43 Å². The largest absolute Gasteiger partial charge is 0.274 e. The van der Waals surface area contributed by atoms with Crippen molar-refractivity contribution in [2.24, 2.45) is 11.0 Å². The van der Waals surface area contributed by atoms with Crippen LogP contribution < -0.4 is 5.43 Å². The van der Waals surface area contributed by atoms with Crippen molar-refractivity contribution in [2.45, 2.75) is 26.2 Å². The molecule has 1 rings (SSSR count). The molecule has 1 N–H and O–H groups in total. The normalized spacial score (nSPS) is 22.9. The molecule has 0 bridgehead atoms. The van der Waals surface area contributed by atoms with Crippen LogP contribution in [0.4, 0.5) is 0 Å². The van der Waals surface area contributed by atoms with Crippen LogP contribution in [0.25, 0.3) is 0 Å². The summed E-state index contributed by atoms with van der Waals surface area (Å²) in [4.78, 5) is 10.4. The topological polar surface area (TPSA) is 41.5 Å². The minimum Gasteiger partial charge on any atom is -0.274 e. The average molecular weight is 166 g/mol. The van der Waals surface area contributed by atoms with Crippen LogP contribution >= 0.6 is 0 Å². The van der Waals surface area contributed by atoms with Gasteiger partial charge in [0.2, 0.25) is 5.91 Å². The van der Waals surface area contributed by atoms with Crippen molar-refractivity contribution in [3.63, 3.8) is 0 Å². The van der Waals surface area contributed by atoms with Gasteiger partial charge in [-0.05, 0) is 25.2 Å². The molecule has 1 atom stereocenters. The fourth-order valence-electron chi connectivity index (χ4n) is 1.19. The Kier molecular flexibility index (Phi) is 3.51. The van der Waals surface area contributed by atoms with E-state index >= 15 is 0 Å². The maximum absolute atomic E-state index is 10.4. The van der Waals surface area contributed by atoms with Crippen LogP contribution in [0, 0.1) is 5.92 Å². The Labute approximate surface area is 72.5 Å². The number of nitrogens with one attached hydrogen (secondary N) is 1. The van der Waals surface area contributed by atoms with Crippen LogP contribution in [0.1, 0.15) is 26.2 Å². The van der Waals surface area contributed by atoms with E-state index in [1.165, 1.54) is 6.92 Å². The third-order valence-corrected chi connectivity index (χ3v) is 1.82. The van der Waals surface area contributed by atoms with Crippen LogP contribution in [-0.2, 0) is 4.79 Å². The zero-order chi connectivity index (χ0) is 8.81. The highest BCUT2D eigenvalue weighted by Crippen LogP contribution is 2.15. The number of rotatable bonds is 2. The molecule has 1 aliphatic carbocycles. The molecule has 3 nitrogen and oxygen atoms in total. The second-order valence-corrected chi connectivity index (χ2v) is 2.99. The summed E-state index contributed by atoms with van der Waals surface area (Å²) in [5.41, 5.74) is 2.40. The maximum atomic E-state index is 10.4. The number of hydrogen-bond acceptors (Lipinski definition) is 2. The molecule has 0 saturated heterocycles. The molecule has 1 unspecified atom stereocenters. The summed E-state index contributed by atoms with van der Waals surface area (Å²) in [6.45, 7) is 1.46. The fraction of sp³-hybridized carbons (Fsp3) is 0.556. The van der Waals surface area contributed by atoms with E-state index in [4.69, 9.17) is 0 Å². The molecule has 0 heterocycles. The number of hydrogen-bond donors (Lipinski definition) is 1. The first-order valence-electron chi connectivity index (χ1n) is 4.24.